The molecular weight excluding hydrogens is 304 g/mol. The maximum Gasteiger partial charge on any atom is 0.123 e. The van der Waals surface area contributed by atoms with Gasteiger partial charge in [0.05, 0.1) is 6.61 Å². The Kier molecular flexibility index (Phi) is 4.46. The molecule has 0 heterocycles. The third-order valence-corrected chi connectivity index (χ3v) is 8.04. The number of allylic oxidation sites excluding steroid dienone is 1. The van der Waals surface area contributed by atoms with Crippen LogP contribution in [0.5, 0.6) is 5.75 Å². The van der Waals surface area contributed by atoms with E-state index < -0.39 is 0 Å². The van der Waals surface area contributed by atoms with E-state index in [1.54, 1.807) is 11.1 Å². The maximum absolute atomic E-state index is 6.01. The first-order valence-electron chi connectivity index (χ1n) is 10.5. The van der Waals surface area contributed by atoms with Crippen LogP contribution in [0.15, 0.2) is 24.8 Å². The van der Waals surface area contributed by atoms with Crippen molar-refractivity contribution in [1.82, 2.24) is 0 Å². The Morgan fingerprint density at radius 2 is 2.08 bits per heavy atom. The molecule has 0 amide bonds. The van der Waals surface area contributed by atoms with E-state index in [2.05, 4.69) is 39.5 Å². The second-order valence-electron chi connectivity index (χ2n) is 9.02. The van der Waals surface area contributed by atoms with Gasteiger partial charge in [-0.2, -0.15) is 0 Å². The van der Waals surface area contributed by atoms with Gasteiger partial charge in [0, 0.05) is 0 Å². The molecule has 0 spiro atoms. The van der Waals surface area contributed by atoms with Crippen molar-refractivity contribution in [2.24, 2.45) is 23.2 Å². The predicted octanol–water partition coefficient (Wildman–Crippen LogP) is 6.31. The van der Waals surface area contributed by atoms with Crippen LogP contribution >= 0.6 is 0 Å². The lowest BCUT2D eigenvalue weighted by atomic mass is 9.54. The fourth-order valence-corrected chi connectivity index (χ4v) is 6.52. The molecule has 1 aromatic carbocycles. The number of aryl methyl sites for hydroxylation is 1. The molecule has 1 aromatic rings. The van der Waals surface area contributed by atoms with Gasteiger partial charge in [0.2, 0.25) is 0 Å². The average Bonchev–Trinajstić information content (AvgIpc) is 2.91. The topological polar surface area (TPSA) is 9.23 Å². The van der Waals surface area contributed by atoms with Gasteiger partial charge >= 0.3 is 0 Å². The molecule has 0 aliphatic heterocycles. The standard InChI is InChI=1S/C24H34O/c1-5-7-18-14-17-9-10-20-19(21(17)15-23(18)25-6-2)12-13-24(4)16(3)8-11-22(20)24/h5,14-16,19-20,22H,1,6-13H2,2-4H3. The van der Waals surface area contributed by atoms with Gasteiger partial charge in [-0.3, -0.25) is 0 Å². The van der Waals surface area contributed by atoms with Crippen LogP contribution in [0.2, 0.25) is 0 Å². The molecule has 0 saturated heterocycles. The van der Waals surface area contributed by atoms with Crippen LogP contribution in [0.1, 0.15) is 75.5 Å². The highest BCUT2D eigenvalue weighted by Gasteiger charge is 2.53. The van der Waals surface area contributed by atoms with Crippen LogP contribution in [0.3, 0.4) is 0 Å². The molecule has 25 heavy (non-hydrogen) atoms. The molecule has 2 saturated carbocycles. The zero-order valence-electron chi connectivity index (χ0n) is 16.3. The molecule has 5 unspecified atom stereocenters. The molecule has 0 N–H and O–H groups in total. The Morgan fingerprint density at radius 3 is 2.84 bits per heavy atom. The van der Waals surface area contributed by atoms with E-state index >= 15 is 0 Å². The van der Waals surface area contributed by atoms with Gasteiger partial charge in [-0.15, -0.1) is 6.58 Å². The minimum atomic E-state index is 0.601. The third kappa shape index (κ3) is 2.66. The number of hydrogen-bond acceptors (Lipinski definition) is 1. The summed E-state index contributed by atoms with van der Waals surface area (Å²) in [6.07, 6.45) is 11.3. The lowest BCUT2D eigenvalue weighted by molar-refractivity contribution is 0.0336. The van der Waals surface area contributed by atoms with E-state index in [1.165, 1.54) is 44.1 Å². The molecule has 136 valence electrons. The molecule has 1 nitrogen and oxygen atoms in total. The second kappa shape index (κ2) is 6.49. The maximum atomic E-state index is 6.01. The number of benzene rings is 1. The zero-order valence-corrected chi connectivity index (χ0v) is 16.3. The number of hydrogen-bond donors (Lipinski definition) is 0. The summed E-state index contributed by atoms with van der Waals surface area (Å²) in [5.41, 5.74) is 5.14. The summed E-state index contributed by atoms with van der Waals surface area (Å²) in [5, 5.41) is 0. The third-order valence-electron chi connectivity index (χ3n) is 8.04. The SMILES string of the molecule is C=CCc1cc2c(cc1OCC)C1CCC3(C)C(C)CCC3C1CC2. The molecule has 1 heteroatoms. The first-order valence-corrected chi connectivity index (χ1v) is 10.5. The monoisotopic (exact) mass is 338 g/mol. The van der Waals surface area contributed by atoms with Crippen LogP contribution in [-0.2, 0) is 12.8 Å². The van der Waals surface area contributed by atoms with Crippen molar-refractivity contribution in [3.8, 4) is 5.75 Å². The lowest BCUT2D eigenvalue weighted by Crippen LogP contribution is -2.41. The number of fused-ring (bicyclic) bond motifs is 5. The van der Waals surface area contributed by atoms with Crippen LogP contribution in [-0.4, -0.2) is 6.61 Å². The Morgan fingerprint density at radius 1 is 1.24 bits per heavy atom. The Labute approximate surface area is 153 Å². The molecule has 2 fully saturated rings. The summed E-state index contributed by atoms with van der Waals surface area (Å²) in [6.45, 7) is 11.9. The normalized spacial score (nSPS) is 36.3. The summed E-state index contributed by atoms with van der Waals surface area (Å²) in [7, 11) is 0. The van der Waals surface area contributed by atoms with E-state index in [-0.39, 0.29) is 0 Å². The first kappa shape index (κ1) is 17.2. The Bertz CT molecular complexity index is 660. The highest BCUT2D eigenvalue weighted by molar-refractivity contribution is 5.47. The number of ether oxygens (including phenoxy) is 1. The van der Waals surface area contributed by atoms with Crippen molar-refractivity contribution >= 4 is 0 Å². The van der Waals surface area contributed by atoms with Gasteiger partial charge in [-0.05, 0) is 104 Å². The average molecular weight is 339 g/mol. The predicted molar refractivity (Wildman–Crippen MR) is 105 cm³/mol. The van der Waals surface area contributed by atoms with Crippen LogP contribution < -0.4 is 4.74 Å². The smallest absolute Gasteiger partial charge is 0.123 e. The quantitative estimate of drug-likeness (QED) is 0.585. The minimum absolute atomic E-state index is 0.601. The summed E-state index contributed by atoms with van der Waals surface area (Å²) in [5.74, 6) is 4.63. The Balaban J connectivity index is 1.70. The van der Waals surface area contributed by atoms with Crippen LogP contribution in [0, 0.1) is 23.2 Å². The van der Waals surface area contributed by atoms with Crippen molar-refractivity contribution in [3.63, 3.8) is 0 Å². The minimum Gasteiger partial charge on any atom is -0.494 e. The van der Waals surface area contributed by atoms with Gasteiger partial charge < -0.3 is 4.74 Å². The Hall–Kier alpha value is -1.24. The largest absolute Gasteiger partial charge is 0.494 e. The molecule has 5 atom stereocenters. The van der Waals surface area contributed by atoms with Crippen LogP contribution in [0.4, 0.5) is 0 Å². The van der Waals surface area contributed by atoms with E-state index in [4.69, 9.17) is 4.74 Å². The van der Waals surface area contributed by atoms with Crippen molar-refractivity contribution in [3.05, 3.63) is 41.5 Å². The molecule has 0 aromatic heterocycles. The second-order valence-corrected chi connectivity index (χ2v) is 9.02. The zero-order chi connectivity index (χ0) is 17.6. The molecule has 0 bridgehead atoms. The molecule has 3 aliphatic carbocycles. The van der Waals surface area contributed by atoms with E-state index in [9.17, 15) is 0 Å². The summed E-state index contributed by atoms with van der Waals surface area (Å²) in [4.78, 5) is 0. The van der Waals surface area contributed by atoms with E-state index in [0.717, 1.165) is 42.4 Å². The highest BCUT2D eigenvalue weighted by Crippen LogP contribution is 2.63. The molecule has 4 rings (SSSR count). The summed E-state index contributed by atoms with van der Waals surface area (Å²) < 4.78 is 6.01. The summed E-state index contributed by atoms with van der Waals surface area (Å²) >= 11 is 0. The van der Waals surface area contributed by atoms with Gasteiger partial charge in [0.1, 0.15) is 5.75 Å². The first-order chi connectivity index (χ1) is 12.1. The number of rotatable bonds is 4. The van der Waals surface area contributed by atoms with Crippen molar-refractivity contribution in [2.75, 3.05) is 6.61 Å². The van der Waals surface area contributed by atoms with E-state index in [1.807, 2.05) is 6.08 Å². The van der Waals surface area contributed by atoms with Gasteiger partial charge in [0.25, 0.3) is 0 Å². The molecule has 0 radical (unpaired) electrons. The van der Waals surface area contributed by atoms with Crippen molar-refractivity contribution in [1.29, 1.82) is 0 Å². The van der Waals surface area contributed by atoms with E-state index in [0.29, 0.717) is 5.41 Å². The van der Waals surface area contributed by atoms with Gasteiger partial charge in [-0.25, -0.2) is 0 Å². The lowest BCUT2D eigenvalue weighted by Gasteiger charge is -2.50. The summed E-state index contributed by atoms with van der Waals surface area (Å²) in [6, 6.07) is 4.85. The van der Waals surface area contributed by atoms with Crippen molar-refractivity contribution < 1.29 is 4.74 Å². The fourth-order valence-electron chi connectivity index (χ4n) is 6.52. The van der Waals surface area contributed by atoms with Gasteiger partial charge in [-0.1, -0.05) is 26.0 Å². The highest BCUT2D eigenvalue weighted by atomic mass is 16.5. The van der Waals surface area contributed by atoms with Crippen molar-refractivity contribution in [2.45, 2.75) is 71.6 Å². The van der Waals surface area contributed by atoms with Gasteiger partial charge in [0.15, 0.2) is 0 Å². The van der Waals surface area contributed by atoms with Crippen LogP contribution in [0.25, 0.3) is 0 Å². The fraction of sp³-hybridized carbons (Fsp3) is 0.667. The molecular formula is C24H34O. The molecule has 3 aliphatic rings.